The third-order valence-electron chi connectivity index (χ3n) is 2.83. The number of benzene rings is 1. The molecule has 0 saturated carbocycles. The Morgan fingerprint density at radius 3 is 2.69 bits per heavy atom. The molecule has 1 aliphatic rings. The Labute approximate surface area is 104 Å². The van der Waals surface area contributed by atoms with Gasteiger partial charge in [0.2, 0.25) is 0 Å². The average molecular weight is 284 g/mol. The maximum Gasteiger partial charge on any atom is 0.306 e. The molecule has 0 bridgehead atoms. The smallest absolute Gasteiger partial charge is 0.306 e. The molecule has 2 atom stereocenters. The maximum absolute atomic E-state index is 11.5. The van der Waals surface area contributed by atoms with Crippen molar-refractivity contribution in [3.05, 3.63) is 35.9 Å². The number of hydrogen-bond donors (Lipinski definition) is 0. The molecule has 16 heavy (non-hydrogen) atoms. The second-order valence-corrected chi connectivity index (χ2v) is 5.26. The fourth-order valence-corrected chi connectivity index (χ4v) is 2.69. The minimum absolute atomic E-state index is 0.0852. The molecule has 0 spiro atoms. The van der Waals surface area contributed by atoms with E-state index in [9.17, 15) is 4.79 Å². The second-order valence-electron chi connectivity index (χ2n) is 4.08. The van der Waals surface area contributed by atoms with Crippen LogP contribution in [0.4, 0.5) is 0 Å². The normalized spacial score (nSPS) is 26.7. The summed E-state index contributed by atoms with van der Waals surface area (Å²) in [6, 6.07) is 9.93. The zero-order chi connectivity index (χ0) is 11.4. The predicted octanol–water partition coefficient (Wildman–Crippen LogP) is 3.61. The number of carbonyl (C=O) groups is 1. The monoisotopic (exact) mass is 283 g/mol. The summed E-state index contributed by atoms with van der Waals surface area (Å²) in [6.45, 7) is 0. The molecule has 1 aliphatic heterocycles. The highest BCUT2D eigenvalue weighted by Crippen LogP contribution is 2.32. The number of ether oxygens (including phenoxy) is 1. The number of rotatable bonds is 1. The molecular weight excluding hydrogens is 269 g/mol. The summed E-state index contributed by atoms with van der Waals surface area (Å²) in [7, 11) is 0. The van der Waals surface area contributed by atoms with Crippen LogP contribution >= 0.6 is 15.9 Å². The minimum Gasteiger partial charge on any atom is -0.456 e. The van der Waals surface area contributed by atoms with Crippen molar-refractivity contribution in [3.8, 4) is 0 Å². The molecule has 2 rings (SSSR count). The van der Waals surface area contributed by atoms with Gasteiger partial charge in [0.15, 0.2) is 0 Å². The van der Waals surface area contributed by atoms with E-state index in [2.05, 4.69) is 15.9 Å². The van der Waals surface area contributed by atoms with E-state index in [-0.39, 0.29) is 16.9 Å². The Morgan fingerprint density at radius 1 is 1.19 bits per heavy atom. The van der Waals surface area contributed by atoms with Gasteiger partial charge in [-0.1, -0.05) is 52.7 Å². The Morgan fingerprint density at radius 2 is 1.94 bits per heavy atom. The molecule has 1 aromatic carbocycles. The lowest BCUT2D eigenvalue weighted by Crippen LogP contribution is -2.22. The average Bonchev–Trinajstić information content (AvgIpc) is 2.30. The Hall–Kier alpha value is -0.830. The van der Waals surface area contributed by atoms with Crippen LogP contribution in [0.25, 0.3) is 0 Å². The molecule has 2 unspecified atom stereocenters. The SMILES string of the molecule is O=C1CCCCC(Br)C(c2ccccc2)[17O]1. The summed E-state index contributed by atoms with van der Waals surface area (Å²) < 4.78 is 5.50. The van der Waals surface area contributed by atoms with Crippen LogP contribution in [-0.2, 0) is 9.53 Å². The van der Waals surface area contributed by atoms with Gasteiger partial charge in [-0.3, -0.25) is 4.79 Å². The largest absolute Gasteiger partial charge is 0.456 e. The topological polar surface area (TPSA) is 26.3 Å². The summed E-state index contributed by atoms with van der Waals surface area (Å²) in [5, 5.41) is 0. The van der Waals surface area contributed by atoms with Crippen LogP contribution in [0.5, 0.6) is 0 Å². The molecule has 0 amide bonds. The van der Waals surface area contributed by atoms with E-state index in [0.717, 1.165) is 24.8 Å². The van der Waals surface area contributed by atoms with Crippen LogP contribution in [0, 0.1) is 0 Å². The van der Waals surface area contributed by atoms with E-state index < -0.39 is 0 Å². The van der Waals surface area contributed by atoms with Gasteiger partial charge < -0.3 is 4.74 Å². The number of esters is 1. The van der Waals surface area contributed by atoms with Crippen molar-refractivity contribution in [1.29, 1.82) is 0 Å². The van der Waals surface area contributed by atoms with Crippen LogP contribution < -0.4 is 0 Å². The highest BCUT2D eigenvalue weighted by molar-refractivity contribution is 9.09. The van der Waals surface area contributed by atoms with E-state index in [1.54, 1.807) is 0 Å². The van der Waals surface area contributed by atoms with Gasteiger partial charge in [-0.25, -0.2) is 0 Å². The standard InChI is InChI=1S/C13H15BrO2/c14-11-8-4-5-9-12(15)16-13(11)10-6-2-1-3-7-10/h1-3,6-7,11,13H,4-5,8-9H2/i16+1. The van der Waals surface area contributed by atoms with Crippen LogP contribution in [0.15, 0.2) is 30.3 Å². The summed E-state index contributed by atoms with van der Waals surface area (Å²) in [5.41, 5.74) is 1.07. The van der Waals surface area contributed by atoms with E-state index in [1.165, 1.54) is 0 Å². The van der Waals surface area contributed by atoms with Gasteiger partial charge >= 0.3 is 5.97 Å². The molecule has 1 fully saturated rings. The molecule has 3 heteroatoms. The summed E-state index contributed by atoms with van der Waals surface area (Å²) >= 11 is 3.63. The first-order chi connectivity index (χ1) is 7.77. The first-order valence-electron chi connectivity index (χ1n) is 5.66. The molecule has 0 N–H and O–H groups in total. The predicted molar refractivity (Wildman–Crippen MR) is 66.5 cm³/mol. The van der Waals surface area contributed by atoms with Gasteiger partial charge in [-0.15, -0.1) is 0 Å². The highest BCUT2D eigenvalue weighted by atomic mass is 79.9. The molecule has 2 nitrogen and oxygen atoms in total. The molecule has 1 aromatic rings. The molecule has 86 valence electrons. The van der Waals surface area contributed by atoms with Gasteiger partial charge in [-0.2, -0.15) is 0 Å². The summed E-state index contributed by atoms with van der Waals surface area (Å²) in [5.74, 6) is -0.0852. The first-order valence-corrected chi connectivity index (χ1v) is 6.57. The van der Waals surface area contributed by atoms with Crippen LogP contribution in [0.1, 0.15) is 37.4 Å². The number of hydrogen-bond acceptors (Lipinski definition) is 2. The molecule has 0 aliphatic carbocycles. The van der Waals surface area contributed by atoms with Crippen LogP contribution in [0.3, 0.4) is 0 Å². The van der Waals surface area contributed by atoms with Gasteiger partial charge in [-0.05, 0) is 18.4 Å². The fraction of sp³-hybridized carbons (Fsp3) is 0.462. The lowest BCUT2D eigenvalue weighted by molar-refractivity contribution is -0.150. The third kappa shape index (κ3) is 2.85. The first kappa shape index (κ1) is 11.6. The summed E-state index contributed by atoms with van der Waals surface area (Å²) in [6.07, 6.45) is 3.46. The van der Waals surface area contributed by atoms with E-state index in [0.29, 0.717) is 6.42 Å². The maximum atomic E-state index is 11.5. The summed E-state index contributed by atoms with van der Waals surface area (Å²) in [4.78, 5) is 11.7. The molecule has 0 aromatic heterocycles. The van der Waals surface area contributed by atoms with Crippen molar-refractivity contribution in [2.45, 2.75) is 36.6 Å². The van der Waals surface area contributed by atoms with Crippen molar-refractivity contribution in [2.75, 3.05) is 0 Å². The third-order valence-corrected chi connectivity index (χ3v) is 3.76. The molecular formula is C13H15BrO2. The highest BCUT2D eigenvalue weighted by Gasteiger charge is 2.26. The van der Waals surface area contributed by atoms with Crippen molar-refractivity contribution >= 4 is 21.9 Å². The zero-order valence-corrected chi connectivity index (χ0v) is 10.7. The number of halogens is 1. The minimum atomic E-state index is -0.144. The van der Waals surface area contributed by atoms with Crippen molar-refractivity contribution < 1.29 is 9.53 Å². The van der Waals surface area contributed by atoms with E-state index >= 15 is 0 Å². The number of carbonyl (C=O) groups excluding carboxylic acids is 1. The van der Waals surface area contributed by atoms with Crippen LogP contribution in [0.2, 0.25) is 0 Å². The van der Waals surface area contributed by atoms with Gasteiger partial charge in [0, 0.05) is 6.42 Å². The van der Waals surface area contributed by atoms with E-state index in [1.807, 2.05) is 30.3 Å². The van der Waals surface area contributed by atoms with Crippen LogP contribution in [-0.4, -0.2) is 10.8 Å². The quantitative estimate of drug-likeness (QED) is 0.581. The molecule has 1 heterocycles. The zero-order valence-electron chi connectivity index (χ0n) is 9.06. The lowest BCUT2D eigenvalue weighted by Gasteiger charge is -2.25. The molecule has 0 radical (unpaired) electrons. The number of cyclic esters (lactones) is 1. The Bertz CT molecular complexity index is 350. The number of alkyl halides is 1. The van der Waals surface area contributed by atoms with Gasteiger partial charge in [0.05, 0.1) is 4.83 Å². The van der Waals surface area contributed by atoms with Gasteiger partial charge in [0.1, 0.15) is 6.10 Å². The van der Waals surface area contributed by atoms with Crippen molar-refractivity contribution in [3.63, 3.8) is 0 Å². The molecule has 1 saturated heterocycles. The lowest BCUT2D eigenvalue weighted by atomic mass is 10.0. The second kappa shape index (κ2) is 5.48. The van der Waals surface area contributed by atoms with Crippen molar-refractivity contribution in [2.24, 2.45) is 0 Å². The van der Waals surface area contributed by atoms with Gasteiger partial charge in [0.25, 0.3) is 0 Å². The fourth-order valence-electron chi connectivity index (χ4n) is 1.95. The van der Waals surface area contributed by atoms with Crippen molar-refractivity contribution in [1.82, 2.24) is 0 Å². The Kier molecular flexibility index (Phi) is 3.99. The van der Waals surface area contributed by atoms with E-state index in [4.69, 9.17) is 4.74 Å². The Balaban J connectivity index is 2.18.